The predicted octanol–water partition coefficient (Wildman–Crippen LogP) is 5.32. The molecule has 0 saturated heterocycles. The maximum Gasteiger partial charge on any atom is 0.271 e. The molecule has 3 aromatic rings. The third-order valence-electron chi connectivity index (χ3n) is 6.10. The van der Waals surface area contributed by atoms with Gasteiger partial charge in [0.15, 0.2) is 5.11 Å². The van der Waals surface area contributed by atoms with Crippen LogP contribution in [0.15, 0.2) is 78.9 Å². The number of nitrogens with one attached hydrogen (secondary N) is 4. The topological polar surface area (TPSA) is 125 Å². The highest BCUT2D eigenvalue weighted by Crippen LogP contribution is 2.18. The van der Waals surface area contributed by atoms with Gasteiger partial charge in [0.2, 0.25) is 11.8 Å². The maximum atomic E-state index is 13.5. The normalized spacial score (nSPS) is 12.9. The number of hydrogen-bond acceptors (Lipinski definition) is 5. The van der Waals surface area contributed by atoms with Crippen molar-refractivity contribution in [2.75, 3.05) is 10.6 Å². The van der Waals surface area contributed by atoms with E-state index in [9.17, 15) is 19.7 Å². The van der Waals surface area contributed by atoms with Gasteiger partial charge in [0.1, 0.15) is 12.1 Å². The van der Waals surface area contributed by atoms with E-state index in [1.165, 1.54) is 18.2 Å². The van der Waals surface area contributed by atoms with Crippen LogP contribution in [0, 0.1) is 16.0 Å². The van der Waals surface area contributed by atoms with Crippen LogP contribution in [0.25, 0.3) is 0 Å². The number of carbonyl (C=O) groups is 2. The van der Waals surface area contributed by atoms with Crippen LogP contribution in [0.5, 0.6) is 0 Å². The molecule has 0 heterocycles. The van der Waals surface area contributed by atoms with E-state index in [1.54, 1.807) is 30.3 Å². The minimum absolute atomic E-state index is 0.0894. The number of amides is 2. The molecule has 0 aliphatic rings. The lowest BCUT2D eigenvalue weighted by Gasteiger charge is -2.27. The van der Waals surface area contributed by atoms with E-state index in [1.807, 2.05) is 44.2 Å². The number of halogens is 1. The van der Waals surface area contributed by atoms with Crippen molar-refractivity contribution in [1.82, 2.24) is 10.6 Å². The molecular formula is C28H30ClN5O4S. The van der Waals surface area contributed by atoms with E-state index in [0.717, 1.165) is 5.56 Å². The number of nitro benzene ring substituents is 1. The highest BCUT2D eigenvalue weighted by Gasteiger charge is 2.29. The second-order valence-corrected chi connectivity index (χ2v) is 9.86. The molecule has 0 unspecified atom stereocenters. The van der Waals surface area contributed by atoms with Crippen LogP contribution in [0.3, 0.4) is 0 Å². The number of nitrogens with zero attached hydrogens (tertiary/aromatic N) is 1. The van der Waals surface area contributed by atoms with Gasteiger partial charge in [-0.3, -0.25) is 19.7 Å². The summed E-state index contributed by atoms with van der Waals surface area (Å²) < 4.78 is 0. The molecule has 0 aliphatic carbocycles. The lowest BCUT2D eigenvalue weighted by molar-refractivity contribution is -0.384. The number of thiocarbonyl (C=S) groups is 1. The van der Waals surface area contributed by atoms with Gasteiger partial charge in [-0.05, 0) is 48.0 Å². The molecule has 3 atom stereocenters. The van der Waals surface area contributed by atoms with Crippen LogP contribution in [0.1, 0.15) is 25.8 Å². The van der Waals surface area contributed by atoms with Crippen LogP contribution in [0.4, 0.5) is 17.1 Å². The van der Waals surface area contributed by atoms with E-state index in [-0.39, 0.29) is 23.1 Å². The van der Waals surface area contributed by atoms with Gasteiger partial charge in [0.05, 0.1) is 4.92 Å². The Balaban J connectivity index is 1.77. The number of non-ortho nitro benzene ring substituents is 1. The third-order valence-corrected chi connectivity index (χ3v) is 6.56. The minimum Gasteiger partial charge on any atom is -0.350 e. The number of carbonyl (C=O) groups excluding carboxylic acids is 2. The number of anilines is 2. The van der Waals surface area contributed by atoms with Gasteiger partial charge >= 0.3 is 0 Å². The molecule has 0 spiro atoms. The molecule has 0 radical (unpaired) electrons. The van der Waals surface area contributed by atoms with Crippen molar-refractivity contribution in [1.29, 1.82) is 0 Å². The van der Waals surface area contributed by atoms with Crippen molar-refractivity contribution in [3.8, 4) is 0 Å². The molecule has 2 amide bonds. The summed E-state index contributed by atoms with van der Waals surface area (Å²) in [6.45, 7) is 3.84. The van der Waals surface area contributed by atoms with E-state index < -0.39 is 28.8 Å². The Morgan fingerprint density at radius 1 is 0.923 bits per heavy atom. The van der Waals surface area contributed by atoms with Gasteiger partial charge in [-0.1, -0.05) is 74.3 Å². The fourth-order valence-electron chi connectivity index (χ4n) is 3.82. The Morgan fingerprint density at radius 3 is 2.23 bits per heavy atom. The van der Waals surface area contributed by atoms with Gasteiger partial charge in [0.25, 0.3) is 5.69 Å². The lowest BCUT2D eigenvalue weighted by atomic mass is 9.97. The third kappa shape index (κ3) is 9.05. The van der Waals surface area contributed by atoms with Crippen molar-refractivity contribution in [2.45, 2.75) is 38.8 Å². The van der Waals surface area contributed by atoms with Crippen LogP contribution in [-0.2, 0) is 16.0 Å². The first kappa shape index (κ1) is 29.5. The molecule has 0 bridgehead atoms. The molecule has 39 heavy (non-hydrogen) atoms. The van der Waals surface area contributed by atoms with E-state index in [0.29, 0.717) is 22.8 Å². The Labute approximate surface area is 237 Å². The van der Waals surface area contributed by atoms with E-state index in [4.69, 9.17) is 23.8 Å². The largest absolute Gasteiger partial charge is 0.350 e. The van der Waals surface area contributed by atoms with E-state index >= 15 is 0 Å². The standard InChI is InChI=1S/C28H30ClN5O4S/c1-3-18(2)25(33-28(39)31-22-13-8-14-23(17-22)34(37)38)27(36)32-24(15-19-9-5-4-6-10-19)26(35)30-21-12-7-11-20(29)16-21/h4-14,16-18,24-25H,3,15H2,1-2H3,(H,30,35)(H,32,36)(H2,31,33,39)/t18-,24+,25-/m0/s1. The summed E-state index contributed by atoms with van der Waals surface area (Å²) in [6, 6.07) is 20.4. The summed E-state index contributed by atoms with van der Waals surface area (Å²) >= 11 is 11.5. The van der Waals surface area contributed by atoms with Crippen molar-refractivity contribution < 1.29 is 14.5 Å². The van der Waals surface area contributed by atoms with Gasteiger partial charge in [-0.25, -0.2) is 0 Å². The molecule has 3 rings (SSSR count). The number of nitro groups is 1. The first-order chi connectivity index (χ1) is 18.7. The zero-order chi connectivity index (χ0) is 28.4. The number of hydrogen-bond donors (Lipinski definition) is 4. The van der Waals surface area contributed by atoms with Crippen molar-refractivity contribution in [3.63, 3.8) is 0 Å². The summed E-state index contributed by atoms with van der Waals surface area (Å²) in [5.41, 5.74) is 1.71. The highest BCUT2D eigenvalue weighted by atomic mass is 35.5. The average molecular weight is 568 g/mol. The molecule has 0 aromatic heterocycles. The molecule has 0 saturated carbocycles. The average Bonchev–Trinajstić information content (AvgIpc) is 2.91. The Kier molecular flexibility index (Phi) is 10.8. The quantitative estimate of drug-likeness (QED) is 0.140. The van der Waals surface area contributed by atoms with Crippen molar-refractivity contribution >= 4 is 57.8 Å². The molecular weight excluding hydrogens is 538 g/mol. The zero-order valence-corrected chi connectivity index (χ0v) is 23.1. The second-order valence-electron chi connectivity index (χ2n) is 9.02. The number of benzene rings is 3. The van der Waals surface area contributed by atoms with Crippen molar-refractivity contribution in [3.05, 3.63) is 99.6 Å². The molecule has 0 aliphatic heterocycles. The Morgan fingerprint density at radius 2 is 1.59 bits per heavy atom. The zero-order valence-electron chi connectivity index (χ0n) is 21.5. The molecule has 11 heteroatoms. The van der Waals surface area contributed by atoms with Gasteiger partial charge in [0, 0.05) is 35.0 Å². The monoisotopic (exact) mass is 567 g/mol. The van der Waals surface area contributed by atoms with Crippen molar-refractivity contribution in [2.24, 2.45) is 5.92 Å². The first-order valence-electron chi connectivity index (χ1n) is 12.4. The highest BCUT2D eigenvalue weighted by molar-refractivity contribution is 7.80. The predicted molar refractivity (Wildman–Crippen MR) is 158 cm³/mol. The lowest BCUT2D eigenvalue weighted by Crippen LogP contribution is -2.56. The fourth-order valence-corrected chi connectivity index (χ4v) is 4.26. The molecule has 4 N–H and O–H groups in total. The molecule has 204 valence electrons. The Bertz CT molecular complexity index is 1320. The molecule has 9 nitrogen and oxygen atoms in total. The summed E-state index contributed by atoms with van der Waals surface area (Å²) in [4.78, 5) is 37.4. The van der Waals surface area contributed by atoms with Gasteiger partial charge in [-0.15, -0.1) is 0 Å². The second kappa shape index (κ2) is 14.2. The minimum atomic E-state index is -0.884. The summed E-state index contributed by atoms with van der Waals surface area (Å²) in [7, 11) is 0. The molecule has 3 aromatic carbocycles. The van der Waals surface area contributed by atoms with Crippen LogP contribution >= 0.6 is 23.8 Å². The van der Waals surface area contributed by atoms with Gasteiger partial charge in [-0.2, -0.15) is 0 Å². The fraction of sp³-hybridized carbons (Fsp3) is 0.250. The summed E-state index contributed by atoms with van der Waals surface area (Å²) in [5.74, 6) is -0.951. The maximum absolute atomic E-state index is 13.5. The Hall–Kier alpha value is -4.02. The summed E-state index contributed by atoms with van der Waals surface area (Å²) in [6.07, 6.45) is 0.922. The van der Waals surface area contributed by atoms with E-state index in [2.05, 4.69) is 21.3 Å². The summed E-state index contributed by atoms with van der Waals surface area (Å²) in [5, 5.41) is 23.3. The smallest absolute Gasteiger partial charge is 0.271 e. The SMILES string of the molecule is CC[C@H](C)[C@H](NC(=S)Nc1cccc([N+](=O)[O-])c1)C(=O)N[C@H](Cc1ccccc1)C(=O)Nc1cccc(Cl)c1. The first-order valence-corrected chi connectivity index (χ1v) is 13.2. The van der Waals surface area contributed by atoms with Crippen LogP contribution < -0.4 is 21.3 Å². The van der Waals surface area contributed by atoms with Crippen LogP contribution in [-0.4, -0.2) is 33.9 Å². The molecule has 0 fully saturated rings. The number of rotatable bonds is 11. The van der Waals surface area contributed by atoms with Crippen LogP contribution in [0.2, 0.25) is 5.02 Å². The van der Waals surface area contributed by atoms with Gasteiger partial charge < -0.3 is 21.3 Å².